The number of likely N-dealkylation sites (tertiary alicyclic amines) is 1. The van der Waals surface area contributed by atoms with Crippen LogP contribution in [0, 0.1) is 6.92 Å². The summed E-state index contributed by atoms with van der Waals surface area (Å²) in [5.41, 5.74) is 0. The molecule has 0 aromatic carbocycles. The molecule has 0 aliphatic carbocycles. The maximum Gasteiger partial charge on any atom is 0.320 e. The summed E-state index contributed by atoms with van der Waals surface area (Å²) in [4.78, 5) is 26.3. The van der Waals surface area contributed by atoms with Crippen molar-refractivity contribution in [1.29, 1.82) is 0 Å². The number of hydrogen-bond acceptors (Lipinski definition) is 3. The summed E-state index contributed by atoms with van der Waals surface area (Å²) < 4.78 is 0. The Morgan fingerprint density at radius 2 is 2.30 bits per heavy atom. The van der Waals surface area contributed by atoms with Gasteiger partial charge in [-0.05, 0) is 38.8 Å². The Morgan fingerprint density at radius 3 is 2.90 bits per heavy atom. The number of anilines is 1. The van der Waals surface area contributed by atoms with Gasteiger partial charge in [0, 0.05) is 30.4 Å². The zero-order chi connectivity index (χ0) is 14.5. The van der Waals surface area contributed by atoms with Gasteiger partial charge >= 0.3 is 6.03 Å². The molecular formula is C14H21N3O2S. The van der Waals surface area contributed by atoms with Crippen LogP contribution in [0.5, 0.6) is 0 Å². The van der Waals surface area contributed by atoms with Crippen molar-refractivity contribution in [3.8, 4) is 0 Å². The van der Waals surface area contributed by atoms with Crippen molar-refractivity contribution in [2.24, 2.45) is 0 Å². The van der Waals surface area contributed by atoms with Crippen LogP contribution in [0.1, 0.15) is 31.1 Å². The average molecular weight is 295 g/mol. The van der Waals surface area contributed by atoms with Gasteiger partial charge < -0.3 is 10.2 Å². The Morgan fingerprint density at radius 1 is 1.50 bits per heavy atom. The number of amides is 3. The molecular weight excluding hydrogens is 274 g/mol. The molecule has 2 rings (SSSR count). The van der Waals surface area contributed by atoms with E-state index in [0.29, 0.717) is 6.42 Å². The molecule has 2 heterocycles. The van der Waals surface area contributed by atoms with Crippen LogP contribution in [0.25, 0.3) is 0 Å². The second kappa shape index (κ2) is 6.74. The summed E-state index contributed by atoms with van der Waals surface area (Å²) in [5, 5.41) is 6.56. The lowest BCUT2D eigenvalue weighted by Crippen LogP contribution is -2.38. The van der Waals surface area contributed by atoms with E-state index in [9.17, 15) is 9.59 Å². The lowest BCUT2D eigenvalue weighted by Gasteiger charge is -2.19. The standard InChI is InChI=1S/C14H21N3O2S/c1-10(7-9-17-8-3-4-13(17)18)15-14(19)16-12-6-5-11(2)20-12/h5-6,10H,3-4,7-9H2,1-2H3,(H2,15,16,19). The Kier molecular flexibility index (Phi) is 5.00. The second-order valence-corrected chi connectivity index (χ2v) is 6.47. The maximum absolute atomic E-state index is 11.8. The molecule has 20 heavy (non-hydrogen) atoms. The highest BCUT2D eigenvalue weighted by molar-refractivity contribution is 7.16. The summed E-state index contributed by atoms with van der Waals surface area (Å²) >= 11 is 1.55. The Balaban J connectivity index is 1.69. The predicted octanol–water partition coefficient (Wildman–Crippen LogP) is 2.58. The maximum atomic E-state index is 11.8. The molecule has 0 bridgehead atoms. The first-order chi connectivity index (χ1) is 9.54. The van der Waals surface area contributed by atoms with E-state index in [2.05, 4.69) is 10.6 Å². The predicted molar refractivity (Wildman–Crippen MR) is 81.1 cm³/mol. The van der Waals surface area contributed by atoms with E-state index >= 15 is 0 Å². The van der Waals surface area contributed by atoms with E-state index in [0.717, 1.165) is 30.9 Å². The smallest absolute Gasteiger partial charge is 0.320 e. The summed E-state index contributed by atoms with van der Waals surface area (Å²) in [6.45, 7) is 5.54. The minimum Gasteiger partial charge on any atom is -0.343 e. The fourth-order valence-corrected chi connectivity index (χ4v) is 3.00. The number of carbonyl (C=O) groups excluding carboxylic acids is 2. The van der Waals surface area contributed by atoms with Gasteiger partial charge in [-0.3, -0.25) is 10.1 Å². The van der Waals surface area contributed by atoms with Crippen molar-refractivity contribution in [3.05, 3.63) is 17.0 Å². The molecule has 1 fully saturated rings. The quantitative estimate of drug-likeness (QED) is 0.877. The first kappa shape index (κ1) is 14.8. The van der Waals surface area contributed by atoms with Gasteiger partial charge in [0.05, 0.1) is 5.00 Å². The van der Waals surface area contributed by atoms with Gasteiger partial charge in [0.25, 0.3) is 0 Å². The molecule has 3 amide bonds. The van der Waals surface area contributed by atoms with E-state index in [4.69, 9.17) is 0 Å². The third-order valence-electron chi connectivity index (χ3n) is 3.36. The van der Waals surface area contributed by atoms with Crippen molar-refractivity contribution in [2.75, 3.05) is 18.4 Å². The van der Waals surface area contributed by atoms with E-state index in [1.54, 1.807) is 11.3 Å². The van der Waals surface area contributed by atoms with E-state index < -0.39 is 0 Å². The molecule has 0 saturated carbocycles. The lowest BCUT2D eigenvalue weighted by molar-refractivity contribution is -0.127. The monoisotopic (exact) mass is 295 g/mol. The fraction of sp³-hybridized carbons (Fsp3) is 0.571. The van der Waals surface area contributed by atoms with Gasteiger partial charge in [-0.1, -0.05) is 0 Å². The SMILES string of the molecule is Cc1ccc(NC(=O)NC(C)CCN2CCCC2=O)s1. The Labute approximate surface area is 123 Å². The number of aryl methyl sites for hydroxylation is 1. The minimum atomic E-state index is -0.188. The third kappa shape index (κ3) is 4.23. The number of rotatable bonds is 5. The van der Waals surface area contributed by atoms with Crippen molar-refractivity contribution >= 4 is 28.3 Å². The van der Waals surface area contributed by atoms with Crippen molar-refractivity contribution < 1.29 is 9.59 Å². The van der Waals surface area contributed by atoms with Crippen molar-refractivity contribution in [1.82, 2.24) is 10.2 Å². The van der Waals surface area contributed by atoms with Crippen LogP contribution in [0.4, 0.5) is 9.80 Å². The number of nitrogens with zero attached hydrogens (tertiary/aromatic N) is 1. The van der Waals surface area contributed by atoms with Crippen LogP contribution in [0.3, 0.4) is 0 Å². The molecule has 1 aromatic rings. The highest BCUT2D eigenvalue weighted by Crippen LogP contribution is 2.20. The summed E-state index contributed by atoms with van der Waals surface area (Å²) in [5.74, 6) is 0.232. The minimum absolute atomic E-state index is 0.0458. The topological polar surface area (TPSA) is 61.4 Å². The van der Waals surface area contributed by atoms with Gasteiger partial charge in [-0.15, -0.1) is 11.3 Å². The summed E-state index contributed by atoms with van der Waals surface area (Å²) in [6.07, 6.45) is 2.40. The lowest BCUT2D eigenvalue weighted by atomic mass is 10.2. The number of urea groups is 1. The largest absolute Gasteiger partial charge is 0.343 e. The van der Waals surface area contributed by atoms with E-state index in [1.807, 2.05) is 30.9 Å². The van der Waals surface area contributed by atoms with Crippen LogP contribution >= 0.6 is 11.3 Å². The molecule has 1 aliphatic heterocycles. The molecule has 1 atom stereocenters. The fourth-order valence-electron chi connectivity index (χ4n) is 2.24. The van der Waals surface area contributed by atoms with Gasteiger partial charge in [0.15, 0.2) is 0 Å². The summed E-state index contributed by atoms with van der Waals surface area (Å²) in [7, 11) is 0. The molecule has 5 nitrogen and oxygen atoms in total. The van der Waals surface area contributed by atoms with Gasteiger partial charge in [-0.2, -0.15) is 0 Å². The first-order valence-electron chi connectivity index (χ1n) is 6.96. The third-order valence-corrected chi connectivity index (χ3v) is 4.27. The molecule has 0 spiro atoms. The zero-order valence-electron chi connectivity index (χ0n) is 11.9. The Bertz CT molecular complexity index is 487. The molecule has 110 valence electrons. The molecule has 1 aliphatic rings. The number of nitrogens with one attached hydrogen (secondary N) is 2. The summed E-state index contributed by atoms with van der Waals surface area (Å²) in [6, 6.07) is 3.73. The van der Waals surface area contributed by atoms with Crippen molar-refractivity contribution in [2.45, 2.75) is 39.2 Å². The van der Waals surface area contributed by atoms with E-state index in [-0.39, 0.29) is 18.0 Å². The molecule has 6 heteroatoms. The zero-order valence-corrected chi connectivity index (χ0v) is 12.8. The van der Waals surface area contributed by atoms with Gasteiger partial charge in [0.1, 0.15) is 0 Å². The average Bonchev–Trinajstić information content (AvgIpc) is 2.96. The van der Waals surface area contributed by atoms with Crippen LogP contribution in [-0.2, 0) is 4.79 Å². The molecule has 1 saturated heterocycles. The Hall–Kier alpha value is -1.56. The molecule has 0 radical (unpaired) electrons. The first-order valence-corrected chi connectivity index (χ1v) is 7.78. The van der Waals surface area contributed by atoms with Crippen LogP contribution in [0.2, 0.25) is 0 Å². The highest BCUT2D eigenvalue weighted by atomic mass is 32.1. The van der Waals surface area contributed by atoms with Crippen LogP contribution in [0.15, 0.2) is 12.1 Å². The molecule has 1 aromatic heterocycles. The van der Waals surface area contributed by atoms with Crippen LogP contribution < -0.4 is 10.6 Å². The van der Waals surface area contributed by atoms with Crippen LogP contribution in [-0.4, -0.2) is 36.0 Å². The molecule has 2 N–H and O–H groups in total. The highest BCUT2D eigenvalue weighted by Gasteiger charge is 2.20. The van der Waals surface area contributed by atoms with Crippen molar-refractivity contribution in [3.63, 3.8) is 0 Å². The normalized spacial score (nSPS) is 16.3. The molecule has 1 unspecified atom stereocenters. The number of hydrogen-bond donors (Lipinski definition) is 2. The second-order valence-electron chi connectivity index (χ2n) is 5.18. The van der Waals surface area contributed by atoms with Gasteiger partial charge in [-0.25, -0.2) is 4.79 Å². The van der Waals surface area contributed by atoms with E-state index in [1.165, 1.54) is 4.88 Å². The number of thiophene rings is 1. The van der Waals surface area contributed by atoms with Gasteiger partial charge in [0.2, 0.25) is 5.91 Å². The number of carbonyl (C=O) groups is 2.